The Morgan fingerprint density at radius 1 is 1.11 bits per heavy atom. The van der Waals surface area contributed by atoms with Gasteiger partial charge in [0, 0.05) is 19.7 Å². The standard InChI is InChI=1S/C14H20F3NO/c1-12-3-5-13(6-4-12)7-9-18(8-2-10-19)11-14(15,16)17/h3-6,19H,2,7-11H2,1H3. The van der Waals surface area contributed by atoms with Crippen LogP contribution < -0.4 is 0 Å². The summed E-state index contributed by atoms with van der Waals surface area (Å²) in [6, 6.07) is 7.79. The fourth-order valence-electron chi connectivity index (χ4n) is 1.86. The van der Waals surface area contributed by atoms with Gasteiger partial charge in [0.25, 0.3) is 0 Å². The zero-order chi connectivity index (χ0) is 14.3. The largest absolute Gasteiger partial charge is 0.401 e. The molecule has 0 saturated carbocycles. The third-order valence-corrected chi connectivity index (χ3v) is 2.87. The second kappa shape index (κ2) is 7.50. The van der Waals surface area contributed by atoms with Crippen LogP contribution in [-0.4, -0.2) is 42.4 Å². The number of hydrogen-bond acceptors (Lipinski definition) is 2. The van der Waals surface area contributed by atoms with E-state index in [0.29, 0.717) is 19.4 Å². The number of aliphatic hydroxyl groups is 1. The summed E-state index contributed by atoms with van der Waals surface area (Å²) in [6.07, 6.45) is -3.24. The average molecular weight is 275 g/mol. The fraction of sp³-hybridized carbons (Fsp3) is 0.571. The monoisotopic (exact) mass is 275 g/mol. The Labute approximate surface area is 111 Å². The van der Waals surface area contributed by atoms with Crippen molar-refractivity contribution in [3.05, 3.63) is 35.4 Å². The molecule has 0 spiro atoms. The summed E-state index contributed by atoms with van der Waals surface area (Å²) in [5.74, 6) is 0. The molecule has 0 aromatic heterocycles. The molecule has 0 aliphatic heterocycles. The first kappa shape index (κ1) is 16.0. The number of alkyl halides is 3. The minimum atomic E-state index is -4.19. The molecule has 108 valence electrons. The number of benzene rings is 1. The van der Waals surface area contributed by atoms with E-state index in [4.69, 9.17) is 5.11 Å². The average Bonchev–Trinajstić information content (AvgIpc) is 2.33. The lowest BCUT2D eigenvalue weighted by Gasteiger charge is -2.23. The van der Waals surface area contributed by atoms with E-state index < -0.39 is 12.7 Å². The Kier molecular flexibility index (Phi) is 6.31. The van der Waals surface area contributed by atoms with Gasteiger partial charge in [-0.25, -0.2) is 0 Å². The first-order chi connectivity index (χ1) is 8.90. The van der Waals surface area contributed by atoms with Crippen LogP contribution in [0.1, 0.15) is 17.5 Å². The minimum absolute atomic E-state index is 0.0844. The SMILES string of the molecule is Cc1ccc(CCN(CCCO)CC(F)(F)F)cc1. The summed E-state index contributed by atoms with van der Waals surface area (Å²) in [5, 5.41) is 8.72. The van der Waals surface area contributed by atoms with E-state index in [9.17, 15) is 13.2 Å². The molecule has 0 amide bonds. The van der Waals surface area contributed by atoms with Crippen molar-refractivity contribution < 1.29 is 18.3 Å². The predicted molar refractivity (Wildman–Crippen MR) is 69.1 cm³/mol. The molecule has 1 aromatic carbocycles. The molecule has 1 aromatic rings. The highest BCUT2D eigenvalue weighted by atomic mass is 19.4. The van der Waals surface area contributed by atoms with Crippen LogP contribution in [0.25, 0.3) is 0 Å². The maximum Gasteiger partial charge on any atom is 0.401 e. The van der Waals surface area contributed by atoms with Gasteiger partial charge in [0.2, 0.25) is 0 Å². The topological polar surface area (TPSA) is 23.5 Å². The lowest BCUT2D eigenvalue weighted by molar-refractivity contribution is -0.146. The first-order valence-electron chi connectivity index (χ1n) is 6.36. The van der Waals surface area contributed by atoms with E-state index in [-0.39, 0.29) is 13.2 Å². The van der Waals surface area contributed by atoms with Gasteiger partial charge in [-0.3, -0.25) is 4.90 Å². The van der Waals surface area contributed by atoms with Gasteiger partial charge in [0.1, 0.15) is 0 Å². The van der Waals surface area contributed by atoms with E-state index in [2.05, 4.69) is 0 Å². The smallest absolute Gasteiger partial charge is 0.396 e. The molecule has 1 rings (SSSR count). The molecule has 0 aliphatic carbocycles. The fourth-order valence-corrected chi connectivity index (χ4v) is 1.86. The molecule has 19 heavy (non-hydrogen) atoms. The second-order valence-electron chi connectivity index (χ2n) is 4.70. The van der Waals surface area contributed by atoms with Crippen LogP contribution in [0.4, 0.5) is 13.2 Å². The van der Waals surface area contributed by atoms with Crippen LogP contribution in [0.3, 0.4) is 0 Å². The second-order valence-corrected chi connectivity index (χ2v) is 4.70. The third kappa shape index (κ3) is 7.18. The molecule has 0 unspecified atom stereocenters. The zero-order valence-corrected chi connectivity index (χ0v) is 11.1. The van der Waals surface area contributed by atoms with Crippen molar-refractivity contribution in [3.8, 4) is 0 Å². The van der Waals surface area contributed by atoms with Crippen LogP contribution in [0, 0.1) is 6.92 Å². The molecule has 0 heterocycles. The highest BCUT2D eigenvalue weighted by molar-refractivity contribution is 5.21. The molecule has 5 heteroatoms. The van der Waals surface area contributed by atoms with Gasteiger partial charge >= 0.3 is 6.18 Å². The van der Waals surface area contributed by atoms with Crippen molar-refractivity contribution in [1.82, 2.24) is 4.90 Å². The van der Waals surface area contributed by atoms with Crippen molar-refractivity contribution >= 4 is 0 Å². The quantitative estimate of drug-likeness (QED) is 0.827. The molecule has 0 radical (unpaired) electrons. The van der Waals surface area contributed by atoms with Crippen LogP contribution in [0.15, 0.2) is 24.3 Å². The minimum Gasteiger partial charge on any atom is -0.396 e. The van der Waals surface area contributed by atoms with E-state index in [1.54, 1.807) is 0 Å². The highest BCUT2D eigenvalue weighted by Gasteiger charge is 2.30. The van der Waals surface area contributed by atoms with Crippen molar-refractivity contribution in [1.29, 1.82) is 0 Å². The van der Waals surface area contributed by atoms with Gasteiger partial charge in [-0.2, -0.15) is 13.2 Å². The maximum atomic E-state index is 12.4. The molecular weight excluding hydrogens is 255 g/mol. The Balaban J connectivity index is 2.49. The molecular formula is C14H20F3NO. The third-order valence-electron chi connectivity index (χ3n) is 2.87. The van der Waals surface area contributed by atoms with E-state index >= 15 is 0 Å². The Morgan fingerprint density at radius 2 is 1.74 bits per heavy atom. The van der Waals surface area contributed by atoms with Crippen molar-refractivity contribution in [2.75, 3.05) is 26.2 Å². The summed E-state index contributed by atoms with van der Waals surface area (Å²) in [5.41, 5.74) is 2.16. The van der Waals surface area contributed by atoms with E-state index in [1.807, 2.05) is 31.2 Å². The Bertz CT molecular complexity index is 362. The van der Waals surface area contributed by atoms with Crippen LogP contribution >= 0.6 is 0 Å². The summed E-state index contributed by atoms with van der Waals surface area (Å²) < 4.78 is 37.2. The van der Waals surface area contributed by atoms with Crippen LogP contribution in [-0.2, 0) is 6.42 Å². The lowest BCUT2D eigenvalue weighted by atomic mass is 10.1. The van der Waals surface area contributed by atoms with Crippen LogP contribution in [0.2, 0.25) is 0 Å². The Morgan fingerprint density at radius 3 is 2.26 bits per heavy atom. The zero-order valence-electron chi connectivity index (χ0n) is 11.1. The molecule has 0 aliphatic rings. The molecule has 0 atom stereocenters. The molecule has 0 saturated heterocycles. The highest BCUT2D eigenvalue weighted by Crippen LogP contribution is 2.17. The maximum absolute atomic E-state index is 12.4. The van der Waals surface area contributed by atoms with Gasteiger partial charge in [-0.05, 0) is 25.3 Å². The number of nitrogens with zero attached hydrogens (tertiary/aromatic N) is 1. The summed E-state index contributed by atoms with van der Waals surface area (Å²) >= 11 is 0. The van der Waals surface area contributed by atoms with Gasteiger partial charge < -0.3 is 5.11 Å². The van der Waals surface area contributed by atoms with Gasteiger partial charge in [0.15, 0.2) is 0 Å². The van der Waals surface area contributed by atoms with Gasteiger partial charge in [-0.1, -0.05) is 29.8 Å². The van der Waals surface area contributed by atoms with E-state index in [0.717, 1.165) is 11.1 Å². The van der Waals surface area contributed by atoms with Gasteiger partial charge in [0.05, 0.1) is 6.54 Å². The number of halogens is 3. The number of rotatable bonds is 7. The number of aryl methyl sites for hydroxylation is 1. The Hall–Kier alpha value is -1.07. The summed E-state index contributed by atoms with van der Waals surface area (Å²) in [7, 11) is 0. The van der Waals surface area contributed by atoms with Crippen LogP contribution in [0.5, 0.6) is 0 Å². The summed E-state index contributed by atoms with van der Waals surface area (Å²) in [4.78, 5) is 1.34. The molecule has 2 nitrogen and oxygen atoms in total. The van der Waals surface area contributed by atoms with Crippen molar-refractivity contribution in [3.63, 3.8) is 0 Å². The van der Waals surface area contributed by atoms with Gasteiger partial charge in [-0.15, -0.1) is 0 Å². The lowest BCUT2D eigenvalue weighted by Crippen LogP contribution is -2.36. The normalized spacial score (nSPS) is 12.1. The van der Waals surface area contributed by atoms with Crippen molar-refractivity contribution in [2.24, 2.45) is 0 Å². The van der Waals surface area contributed by atoms with Crippen molar-refractivity contribution in [2.45, 2.75) is 25.9 Å². The molecule has 0 bridgehead atoms. The first-order valence-corrected chi connectivity index (χ1v) is 6.36. The molecule has 1 N–H and O–H groups in total. The number of aliphatic hydroxyl groups excluding tert-OH is 1. The summed E-state index contributed by atoms with van der Waals surface area (Å²) in [6.45, 7) is 1.59. The number of hydrogen-bond donors (Lipinski definition) is 1. The molecule has 0 fully saturated rings. The van der Waals surface area contributed by atoms with E-state index in [1.165, 1.54) is 4.90 Å². The predicted octanol–water partition coefficient (Wildman–Crippen LogP) is 2.78.